The lowest BCUT2D eigenvalue weighted by Gasteiger charge is -2.19. The van der Waals surface area contributed by atoms with Gasteiger partial charge in [0.1, 0.15) is 0 Å². The molecule has 0 saturated carbocycles. The molecule has 1 amide bonds. The van der Waals surface area contributed by atoms with Crippen molar-refractivity contribution >= 4 is 5.91 Å². The van der Waals surface area contributed by atoms with Gasteiger partial charge in [0.05, 0.1) is 12.0 Å². The summed E-state index contributed by atoms with van der Waals surface area (Å²) < 4.78 is 10.7. The number of carbonyl (C=O) groups is 1. The van der Waals surface area contributed by atoms with Gasteiger partial charge in [-0.2, -0.15) is 0 Å². The number of hydrazine groups is 1. The van der Waals surface area contributed by atoms with Crippen molar-refractivity contribution in [3.05, 3.63) is 59.2 Å². The third-order valence-electron chi connectivity index (χ3n) is 4.62. The molecule has 0 aromatic heterocycles. The fraction of sp³-hybridized carbons (Fsp3) is 0.316. The smallest absolute Gasteiger partial charge is 0.231 e. The summed E-state index contributed by atoms with van der Waals surface area (Å²) in [6.07, 6.45) is 0. The molecule has 2 atom stereocenters. The molecular formula is C19H21N3O3. The molecule has 1 saturated heterocycles. The van der Waals surface area contributed by atoms with Gasteiger partial charge in [-0.1, -0.05) is 35.9 Å². The topological polar surface area (TPSA) is 71.6 Å². The van der Waals surface area contributed by atoms with Crippen LogP contribution in [0.1, 0.15) is 22.7 Å². The second kappa shape index (κ2) is 6.74. The van der Waals surface area contributed by atoms with Crippen LogP contribution < -0.4 is 25.6 Å². The zero-order valence-corrected chi connectivity index (χ0v) is 14.0. The van der Waals surface area contributed by atoms with Gasteiger partial charge in [-0.25, -0.2) is 5.43 Å². The fourth-order valence-electron chi connectivity index (χ4n) is 3.29. The quantitative estimate of drug-likeness (QED) is 0.792. The summed E-state index contributed by atoms with van der Waals surface area (Å²) in [7, 11) is 0. The monoisotopic (exact) mass is 339 g/mol. The Balaban J connectivity index is 1.42. The molecule has 130 valence electrons. The maximum Gasteiger partial charge on any atom is 0.231 e. The van der Waals surface area contributed by atoms with E-state index in [1.807, 2.05) is 24.3 Å². The van der Waals surface area contributed by atoms with E-state index in [0.717, 1.165) is 22.6 Å². The molecule has 2 aromatic rings. The van der Waals surface area contributed by atoms with Gasteiger partial charge in [-0.3, -0.25) is 10.2 Å². The van der Waals surface area contributed by atoms with Crippen molar-refractivity contribution in [2.75, 3.05) is 13.3 Å². The number of ether oxygens (including phenoxy) is 2. The minimum Gasteiger partial charge on any atom is -0.454 e. The molecule has 0 spiro atoms. The molecule has 2 aliphatic heterocycles. The standard InChI is InChI=1S/C19H21N3O3/c1-12-3-2-4-14(7-12)18-15(10-21-22-18)19(23)20-9-13-5-6-16-17(8-13)25-11-24-16/h2-8,15,18,21-22H,9-11H2,1H3,(H,20,23). The zero-order valence-electron chi connectivity index (χ0n) is 14.0. The van der Waals surface area contributed by atoms with E-state index in [-0.39, 0.29) is 24.7 Å². The third-order valence-corrected chi connectivity index (χ3v) is 4.62. The Morgan fingerprint density at radius 2 is 2.08 bits per heavy atom. The third kappa shape index (κ3) is 3.31. The van der Waals surface area contributed by atoms with Crippen LogP contribution in [0.3, 0.4) is 0 Å². The molecule has 4 rings (SSSR count). The zero-order chi connectivity index (χ0) is 17.2. The maximum atomic E-state index is 12.7. The molecule has 0 aliphatic carbocycles. The molecule has 2 aliphatic rings. The predicted molar refractivity (Wildman–Crippen MR) is 93.0 cm³/mol. The van der Waals surface area contributed by atoms with Crippen LogP contribution in [0.15, 0.2) is 42.5 Å². The Kier molecular flexibility index (Phi) is 4.29. The largest absolute Gasteiger partial charge is 0.454 e. The predicted octanol–water partition coefficient (Wildman–Crippen LogP) is 1.81. The van der Waals surface area contributed by atoms with Crippen LogP contribution in [-0.4, -0.2) is 19.2 Å². The lowest BCUT2D eigenvalue weighted by atomic mass is 9.93. The maximum absolute atomic E-state index is 12.7. The number of aryl methyl sites for hydroxylation is 1. The molecule has 1 fully saturated rings. The molecular weight excluding hydrogens is 318 g/mol. The summed E-state index contributed by atoms with van der Waals surface area (Å²) in [4.78, 5) is 12.7. The summed E-state index contributed by atoms with van der Waals surface area (Å²) in [6.45, 7) is 3.38. The molecule has 6 heteroatoms. The van der Waals surface area contributed by atoms with Gasteiger partial charge in [0.15, 0.2) is 11.5 Å². The van der Waals surface area contributed by atoms with Crippen LogP contribution in [0.4, 0.5) is 0 Å². The summed E-state index contributed by atoms with van der Waals surface area (Å²) >= 11 is 0. The van der Waals surface area contributed by atoms with E-state index in [0.29, 0.717) is 13.1 Å². The lowest BCUT2D eigenvalue weighted by Crippen LogP contribution is -2.34. The van der Waals surface area contributed by atoms with Crippen LogP contribution in [0, 0.1) is 12.8 Å². The van der Waals surface area contributed by atoms with Crippen LogP contribution in [0.5, 0.6) is 11.5 Å². The number of nitrogens with one attached hydrogen (secondary N) is 3. The van der Waals surface area contributed by atoms with Crippen molar-refractivity contribution in [3.8, 4) is 11.5 Å². The SMILES string of the molecule is Cc1cccc(C2NNCC2C(=O)NCc2ccc3c(c2)OCO3)c1. The van der Waals surface area contributed by atoms with E-state index >= 15 is 0 Å². The number of hydrogen-bond donors (Lipinski definition) is 3. The molecule has 3 N–H and O–H groups in total. The van der Waals surface area contributed by atoms with Crippen molar-refractivity contribution in [1.82, 2.24) is 16.2 Å². The first kappa shape index (κ1) is 15.9. The summed E-state index contributed by atoms with van der Waals surface area (Å²) in [5, 5.41) is 3.03. The van der Waals surface area contributed by atoms with Gasteiger partial charge >= 0.3 is 0 Å². The highest BCUT2D eigenvalue weighted by atomic mass is 16.7. The van der Waals surface area contributed by atoms with Gasteiger partial charge in [0, 0.05) is 13.1 Å². The number of rotatable bonds is 4. The highest BCUT2D eigenvalue weighted by Gasteiger charge is 2.33. The van der Waals surface area contributed by atoms with Crippen molar-refractivity contribution in [3.63, 3.8) is 0 Å². The van der Waals surface area contributed by atoms with Crippen LogP contribution >= 0.6 is 0 Å². The Morgan fingerprint density at radius 1 is 1.20 bits per heavy atom. The number of fused-ring (bicyclic) bond motifs is 1. The Morgan fingerprint density at radius 3 is 2.96 bits per heavy atom. The van der Waals surface area contributed by atoms with Gasteiger partial charge in [-0.05, 0) is 30.2 Å². The van der Waals surface area contributed by atoms with E-state index in [1.165, 1.54) is 5.56 Å². The number of benzene rings is 2. The normalized spacial score (nSPS) is 21.3. The first-order valence-corrected chi connectivity index (χ1v) is 8.42. The van der Waals surface area contributed by atoms with Gasteiger partial charge < -0.3 is 14.8 Å². The fourth-order valence-corrected chi connectivity index (χ4v) is 3.29. The highest BCUT2D eigenvalue weighted by Crippen LogP contribution is 2.32. The Bertz CT molecular complexity index is 793. The second-order valence-electron chi connectivity index (χ2n) is 6.43. The minimum absolute atomic E-state index is 0.0293. The number of hydrogen-bond acceptors (Lipinski definition) is 5. The summed E-state index contributed by atoms with van der Waals surface area (Å²) in [5.41, 5.74) is 9.62. The molecule has 2 heterocycles. The Labute approximate surface area is 146 Å². The number of carbonyl (C=O) groups excluding carboxylic acids is 1. The molecule has 0 bridgehead atoms. The van der Waals surface area contributed by atoms with Gasteiger partial charge in [-0.15, -0.1) is 0 Å². The average Bonchev–Trinajstić information content (AvgIpc) is 3.28. The first-order chi connectivity index (χ1) is 12.2. The highest BCUT2D eigenvalue weighted by molar-refractivity contribution is 5.80. The lowest BCUT2D eigenvalue weighted by molar-refractivity contribution is -0.125. The van der Waals surface area contributed by atoms with Crippen molar-refractivity contribution < 1.29 is 14.3 Å². The molecule has 25 heavy (non-hydrogen) atoms. The Hall–Kier alpha value is -2.57. The van der Waals surface area contributed by atoms with E-state index in [1.54, 1.807) is 0 Å². The summed E-state index contributed by atoms with van der Waals surface area (Å²) in [5.74, 6) is 1.35. The van der Waals surface area contributed by atoms with Crippen LogP contribution in [0.25, 0.3) is 0 Å². The molecule has 2 aromatic carbocycles. The van der Waals surface area contributed by atoms with E-state index in [4.69, 9.17) is 9.47 Å². The van der Waals surface area contributed by atoms with Crippen LogP contribution in [0.2, 0.25) is 0 Å². The van der Waals surface area contributed by atoms with Crippen molar-refractivity contribution in [2.24, 2.45) is 5.92 Å². The van der Waals surface area contributed by atoms with Gasteiger partial charge in [0.2, 0.25) is 12.7 Å². The van der Waals surface area contributed by atoms with E-state index in [9.17, 15) is 4.79 Å². The summed E-state index contributed by atoms with van der Waals surface area (Å²) in [6, 6.07) is 13.9. The van der Waals surface area contributed by atoms with Crippen molar-refractivity contribution in [2.45, 2.75) is 19.5 Å². The van der Waals surface area contributed by atoms with E-state index in [2.05, 4.69) is 41.3 Å². The van der Waals surface area contributed by atoms with E-state index < -0.39 is 0 Å². The first-order valence-electron chi connectivity index (χ1n) is 8.42. The molecule has 0 radical (unpaired) electrons. The molecule has 6 nitrogen and oxygen atoms in total. The average molecular weight is 339 g/mol. The van der Waals surface area contributed by atoms with Crippen LogP contribution in [-0.2, 0) is 11.3 Å². The second-order valence-corrected chi connectivity index (χ2v) is 6.43. The number of amides is 1. The van der Waals surface area contributed by atoms with Gasteiger partial charge in [0.25, 0.3) is 0 Å². The molecule has 2 unspecified atom stereocenters. The minimum atomic E-state index is -0.157. The van der Waals surface area contributed by atoms with Crippen molar-refractivity contribution in [1.29, 1.82) is 0 Å².